The fourth-order valence-electron chi connectivity index (χ4n) is 3.02. The van der Waals surface area contributed by atoms with Crippen molar-refractivity contribution in [2.75, 3.05) is 13.7 Å². The van der Waals surface area contributed by atoms with E-state index in [0.29, 0.717) is 17.6 Å². The molecule has 4 heterocycles. The predicted molar refractivity (Wildman–Crippen MR) is 90.8 cm³/mol. The van der Waals surface area contributed by atoms with E-state index in [4.69, 9.17) is 9.26 Å². The molecule has 124 valence electrons. The van der Waals surface area contributed by atoms with Gasteiger partial charge in [0.05, 0.1) is 13.2 Å². The summed E-state index contributed by atoms with van der Waals surface area (Å²) in [5.74, 6) is 1.83. The van der Waals surface area contributed by atoms with Crippen molar-refractivity contribution in [3.63, 3.8) is 0 Å². The van der Waals surface area contributed by atoms with Crippen LogP contribution in [0.15, 0.2) is 40.4 Å². The molecule has 0 radical (unpaired) electrons. The fraction of sp³-hybridized carbons (Fsp3) is 0.353. The molecule has 4 rings (SSSR count). The topological polar surface area (TPSA) is 64.3 Å². The fourth-order valence-corrected chi connectivity index (χ4v) is 3.75. The highest BCUT2D eigenvalue weighted by molar-refractivity contribution is 7.09. The SMILES string of the molecule is COc1ccc(-c2noc([C@@H]3CCCN3Cc3cccs3)n2)cn1. The zero-order valence-electron chi connectivity index (χ0n) is 13.4. The summed E-state index contributed by atoms with van der Waals surface area (Å²) < 4.78 is 10.6. The molecule has 0 amide bonds. The van der Waals surface area contributed by atoms with E-state index in [1.165, 1.54) is 4.88 Å². The average Bonchev–Trinajstić information content (AvgIpc) is 3.37. The highest BCUT2D eigenvalue weighted by Crippen LogP contribution is 2.33. The van der Waals surface area contributed by atoms with Gasteiger partial charge in [-0.25, -0.2) is 4.98 Å². The molecule has 1 aliphatic heterocycles. The van der Waals surface area contributed by atoms with E-state index in [2.05, 4.69) is 37.5 Å². The maximum absolute atomic E-state index is 5.55. The van der Waals surface area contributed by atoms with E-state index >= 15 is 0 Å². The number of rotatable bonds is 5. The first-order chi connectivity index (χ1) is 11.8. The lowest BCUT2D eigenvalue weighted by Crippen LogP contribution is -2.22. The number of aromatic nitrogens is 3. The summed E-state index contributed by atoms with van der Waals surface area (Å²) in [7, 11) is 1.59. The molecule has 6 nitrogen and oxygen atoms in total. The van der Waals surface area contributed by atoms with Crippen molar-refractivity contribution >= 4 is 11.3 Å². The number of thiophene rings is 1. The van der Waals surface area contributed by atoms with Crippen LogP contribution in [0.4, 0.5) is 0 Å². The summed E-state index contributed by atoms with van der Waals surface area (Å²) in [6.45, 7) is 1.99. The van der Waals surface area contributed by atoms with Crippen molar-refractivity contribution in [1.29, 1.82) is 0 Å². The van der Waals surface area contributed by atoms with Crippen LogP contribution in [0.25, 0.3) is 11.4 Å². The van der Waals surface area contributed by atoms with Crippen LogP contribution in [0.2, 0.25) is 0 Å². The van der Waals surface area contributed by atoms with Gasteiger partial charge >= 0.3 is 0 Å². The molecule has 0 unspecified atom stereocenters. The Hall–Kier alpha value is -2.25. The van der Waals surface area contributed by atoms with E-state index in [9.17, 15) is 0 Å². The summed E-state index contributed by atoms with van der Waals surface area (Å²) in [5.41, 5.74) is 0.827. The Bertz CT molecular complexity index is 785. The van der Waals surface area contributed by atoms with E-state index in [-0.39, 0.29) is 6.04 Å². The van der Waals surface area contributed by atoms with Gasteiger partial charge in [0.1, 0.15) is 0 Å². The molecule has 3 aromatic heterocycles. The van der Waals surface area contributed by atoms with Crippen LogP contribution in [0.3, 0.4) is 0 Å². The first-order valence-electron chi connectivity index (χ1n) is 7.94. The van der Waals surface area contributed by atoms with Crippen LogP contribution in [0.5, 0.6) is 5.88 Å². The van der Waals surface area contributed by atoms with Crippen LogP contribution in [-0.2, 0) is 6.54 Å². The second kappa shape index (κ2) is 6.70. The van der Waals surface area contributed by atoms with E-state index < -0.39 is 0 Å². The Kier molecular flexibility index (Phi) is 4.27. The van der Waals surface area contributed by atoms with Gasteiger partial charge in [-0.2, -0.15) is 4.98 Å². The highest BCUT2D eigenvalue weighted by Gasteiger charge is 2.31. The molecule has 3 aromatic rings. The number of hydrogen-bond acceptors (Lipinski definition) is 7. The second-order valence-corrected chi connectivity index (χ2v) is 6.79. The molecule has 0 saturated carbocycles. The summed E-state index contributed by atoms with van der Waals surface area (Å²) in [6, 6.07) is 8.14. The molecule has 0 bridgehead atoms. The molecule has 0 N–H and O–H groups in total. The van der Waals surface area contributed by atoms with Gasteiger partial charge in [-0.15, -0.1) is 11.3 Å². The summed E-state index contributed by atoms with van der Waals surface area (Å²) in [4.78, 5) is 12.6. The maximum Gasteiger partial charge on any atom is 0.244 e. The van der Waals surface area contributed by atoms with Crippen molar-refractivity contribution in [2.24, 2.45) is 0 Å². The van der Waals surface area contributed by atoms with E-state index in [1.807, 2.05) is 6.07 Å². The van der Waals surface area contributed by atoms with Gasteiger partial charge in [-0.3, -0.25) is 4.90 Å². The van der Waals surface area contributed by atoms with Gasteiger partial charge < -0.3 is 9.26 Å². The second-order valence-electron chi connectivity index (χ2n) is 5.75. The summed E-state index contributed by atoms with van der Waals surface area (Å²) in [6.07, 6.45) is 3.90. The molecule has 1 fully saturated rings. The minimum absolute atomic E-state index is 0.194. The molecule has 0 aromatic carbocycles. The number of hydrogen-bond donors (Lipinski definition) is 0. The summed E-state index contributed by atoms with van der Waals surface area (Å²) >= 11 is 1.78. The third kappa shape index (κ3) is 3.05. The van der Waals surface area contributed by atoms with Gasteiger partial charge in [0.15, 0.2) is 0 Å². The van der Waals surface area contributed by atoms with Crippen molar-refractivity contribution in [2.45, 2.75) is 25.4 Å². The minimum atomic E-state index is 0.194. The van der Waals surface area contributed by atoms with Crippen LogP contribution in [0.1, 0.15) is 29.7 Å². The Morgan fingerprint density at radius 2 is 2.33 bits per heavy atom. The molecule has 1 atom stereocenters. The average molecular weight is 342 g/mol. The van der Waals surface area contributed by atoms with Crippen molar-refractivity contribution in [3.8, 4) is 17.3 Å². The van der Waals surface area contributed by atoms with Crippen molar-refractivity contribution < 1.29 is 9.26 Å². The van der Waals surface area contributed by atoms with Gasteiger partial charge in [0.2, 0.25) is 17.6 Å². The monoisotopic (exact) mass is 342 g/mol. The highest BCUT2D eigenvalue weighted by atomic mass is 32.1. The molecular weight excluding hydrogens is 324 g/mol. The van der Waals surface area contributed by atoms with E-state index in [0.717, 1.165) is 31.5 Å². The third-order valence-electron chi connectivity index (χ3n) is 4.23. The van der Waals surface area contributed by atoms with Crippen molar-refractivity contribution in [1.82, 2.24) is 20.0 Å². The Balaban J connectivity index is 1.52. The largest absolute Gasteiger partial charge is 0.481 e. The molecule has 7 heteroatoms. The minimum Gasteiger partial charge on any atom is -0.481 e. The van der Waals surface area contributed by atoms with Gasteiger partial charge in [-0.1, -0.05) is 11.2 Å². The zero-order valence-corrected chi connectivity index (χ0v) is 14.2. The first-order valence-corrected chi connectivity index (χ1v) is 8.82. The lowest BCUT2D eigenvalue weighted by atomic mass is 10.2. The number of likely N-dealkylation sites (tertiary alicyclic amines) is 1. The van der Waals surface area contributed by atoms with E-state index in [1.54, 1.807) is 30.7 Å². The zero-order chi connectivity index (χ0) is 16.4. The lowest BCUT2D eigenvalue weighted by Gasteiger charge is -2.20. The molecule has 1 aliphatic rings. The first kappa shape index (κ1) is 15.3. The molecular formula is C17H18N4O2S. The summed E-state index contributed by atoms with van der Waals surface area (Å²) in [5, 5.41) is 6.24. The standard InChI is InChI=1S/C17H18N4O2S/c1-22-15-7-6-12(10-18-15)16-19-17(23-20-16)14-5-2-8-21(14)11-13-4-3-9-24-13/h3-4,6-7,9-10,14H,2,5,8,11H2,1H3/t14-/m0/s1. The molecule has 24 heavy (non-hydrogen) atoms. The van der Waals surface area contributed by atoms with Crippen LogP contribution in [-0.4, -0.2) is 33.7 Å². The maximum atomic E-state index is 5.55. The Morgan fingerprint density at radius 1 is 1.38 bits per heavy atom. The smallest absolute Gasteiger partial charge is 0.244 e. The third-order valence-corrected chi connectivity index (χ3v) is 5.09. The Labute approximate surface area is 144 Å². The predicted octanol–water partition coefficient (Wildman–Crippen LogP) is 3.54. The van der Waals surface area contributed by atoms with Crippen LogP contribution in [0, 0.1) is 0 Å². The number of nitrogens with zero attached hydrogens (tertiary/aromatic N) is 4. The number of pyridine rings is 1. The van der Waals surface area contributed by atoms with Gasteiger partial charge in [-0.05, 0) is 36.9 Å². The van der Waals surface area contributed by atoms with Gasteiger partial charge in [0, 0.05) is 29.2 Å². The molecule has 0 spiro atoms. The normalized spacial score (nSPS) is 18.1. The van der Waals surface area contributed by atoms with Crippen LogP contribution < -0.4 is 4.74 Å². The van der Waals surface area contributed by atoms with Gasteiger partial charge in [0.25, 0.3) is 0 Å². The molecule has 1 saturated heterocycles. The van der Waals surface area contributed by atoms with Crippen LogP contribution >= 0.6 is 11.3 Å². The number of ether oxygens (including phenoxy) is 1. The molecule has 0 aliphatic carbocycles. The van der Waals surface area contributed by atoms with Crippen molar-refractivity contribution in [3.05, 3.63) is 46.6 Å². The Morgan fingerprint density at radius 3 is 3.08 bits per heavy atom. The number of methoxy groups -OCH3 is 1. The lowest BCUT2D eigenvalue weighted by molar-refractivity contribution is 0.202. The quantitative estimate of drug-likeness (QED) is 0.707.